The summed E-state index contributed by atoms with van der Waals surface area (Å²) in [7, 11) is 0. The topological polar surface area (TPSA) is 128 Å². The number of hydrogen-bond acceptors (Lipinski definition) is 10. The van der Waals surface area contributed by atoms with Crippen molar-refractivity contribution in [3.05, 3.63) is 66.9 Å². The Labute approximate surface area is 227 Å². The lowest BCUT2D eigenvalue weighted by atomic mass is 10.0. The van der Waals surface area contributed by atoms with Crippen molar-refractivity contribution >= 4 is 51.7 Å². The van der Waals surface area contributed by atoms with Crippen molar-refractivity contribution in [2.45, 2.75) is 44.8 Å². The number of unbranched alkanes of at least 4 members (excludes halogenated alkanes) is 1. The van der Waals surface area contributed by atoms with E-state index in [2.05, 4.69) is 21.1 Å². The molecule has 0 aliphatic carbocycles. The fraction of sp³-hybridized carbons (Fsp3) is 0.458. The van der Waals surface area contributed by atoms with E-state index >= 15 is 0 Å². The second kappa shape index (κ2) is 14.3. The smallest absolute Gasteiger partial charge is 0.329 e. The van der Waals surface area contributed by atoms with E-state index in [0.717, 1.165) is 18.2 Å². The number of ether oxygens (including phenoxy) is 1. The molecule has 0 spiro atoms. The third-order valence-corrected chi connectivity index (χ3v) is 8.03. The van der Waals surface area contributed by atoms with Crippen LogP contribution < -0.4 is 5.32 Å². The molecule has 1 aromatic carbocycles. The minimum absolute atomic E-state index is 0.00755. The summed E-state index contributed by atoms with van der Waals surface area (Å²) in [5.41, 5.74) is 1.88. The van der Waals surface area contributed by atoms with E-state index in [1.807, 2.05) is 17.5 Å². The second-order valence-electron chi connectivity index (χ2n) is 8.33. The van der Waals surface area contributed by atoms with Crippen molar-refractivity contribution in [2.75, 3.05) is 25.5 Å². The zero-order valence-electron chi connectivity index (χ0n) is 20.2. The molecule has 200 valence electrons. The second-order valence-corrected chi connectivity index (χ2v) is 10.8. The zero-order chi connectivity index (χ0) is 26.8. The lowest BCUT2D eigenvalue weighted by Crippen LogP contribution is -2.43. The number of nitrogens with one attached hydrogen (secondary N) is 1. The lowest BCUT2D eigenvalue weighted by Gasteiger charge is -2.34. The number of nitrogens with zero attached hydrogens (tertiary/aromatic N) is 2. The number of benzene rings is 1. The molecule has 0 fully saturated rings. The summed E-state index contributed by atoms with van der Waals surface area (Å²) in [6.45, 7) is 2.48. The Balaban J connectivity index is 1.65. The number of halogens is 1. The summed E-state index contributed by atoms with van der Waals surface area (Å²) >= 11 is 9.15. The van der Waals surface area contributed by atoms with Gasteiger partial charge in [-0.05, 0) is 47.9 Å². The standard InChI is InChI=1S/C24H28ClN3O7S2/c1-16(29)26-20(23(30)34-11-4-5-12-35-28(32)33)15-37-24(31)22(18-6-2-3-7-19(18)25)27-10-8-21-17(14-27)9-13-36-21/h2-3,6-7,9,13,20,22H,4-5,8,10-12,14-15H2,1H3,(H,26,29)/t20?,22-/m0/s1. The van der Waals surface area contributed by atoms with Crippen molar-refractivity contribution in [3.8, 4) is 0 Å². The van der Waals surface area contributed by atoms with E-state index in [0.29, 0.717) is 36.5 Å². The van der Waals surface area contributed by atoms with Gasteiger partial charge in [-0.1, -0.05) is 41.6 Å². The summed E-state index contributed by atoms with van der Waals surface area (Å²) in [6.07, 6.45) is 1.51. The molecule has 1 amide bonds. The van der Waals surface area contributed by atoms with Gasteiger partial charge in [0.05, 0.1) is 13.2 Å². The number of amides is 1. The van der Waals surface area contributed by atoms with E-state index in [9.17, 15) is 24.5 Å². The van der Waals surface area contributed by atoms with Gasteiger partial charge >= 0.3 is 5.97 Å². The van der Waals surface area contributed by atoms with E-state index in [4.69, 9.17) is 16.3 Å². The van der Waals surface area contributed by atoms with Crippen molar-refractivity contribution in [3.63, 3.8) is 0 Å². The van der Waals surface area contributed by atoms with Gasteiger partial charge in [-0.25, -0.2) is 4.79 Å². The Kier molecular flexibility index (Phi) is 11.2. The molecule has 0 saturated carbocycles. The normalized spacial score (nSPS) is 14.8. The molecule has 2 heterocycles. The summed E-state index contributed by atoms with van der Waals surface area (Å²) in [5.74, 6) is -1.13. The maximum absolute atomic E-state index is 13.6. The number of rotatable bonds is 13. The van der Waals surface area contributed by atoms with Crippen LogP contribution in [0.2, 0.25) is 5.02 Å². The number of fused-ring (bicyclic) bond motifs is 1. The van der Waals surface area contributed by atoms with E-state index in [1.54, 1.807) is 23.5 Å². The molecule has 37 heavy (non-hydrogen) atoms. The molecule has 0 bridgehead atoms. The number of thiophene rings is 1. The quantitative estimate of drug-likeness (QED) is 0.166. The molecular formula is C24H28ClN3O7S2. The highest BCUT2D eigenvalue weighted by Gasteiger charge is 2.33. The van der Waals surface area contributed by atoms with Gasteiger partial charge in [0.1, 0.15) is 12.1 Å². The van der Waals surface area contributed by atoms with Gasteiger partial charge in [0.2, 0.25) is 11.0 Å². The first-order valence-corrected chi connectivity index (χ1v) is 13.9. The van der Waals surface area contributed by atoms with Crippen LogP contribution in [-0.4, -0.2) is 58.5 Å². The van der Waals surface area contributed by atoms with Gasteiger partial charge in [-0.2, -0.15) is 0 Å². The van der Waals surface area contributed by atoms with Crippen LogP contribution in [0, 0.1) is 10.1 Å². The number of carbonyl (C=O) groups is 3. The first kappa shape index (κ1) is 28.9. The van der Waals surface area contributed by atoms with Gasteiger partial charge in [-0.15, -0.1) is 21.5 Å². The van der Waals surface area contributed by atoms with Crippen molar-refractivity contribution in [1.29, 1.82) is 0 Å². The largest absolute Gasteiger partial charge is 0.464 e. The van der Waals surface area contributed by atoms with Crippen LogP contribution >= 0.6 is 34.7 Å². The molecule has 1 unspecified atom stereocenters. The number of carbonyl (C=O) groups excluding carboxylic acids is 3. The van der Waals surface area contributed by atoms with Crippen molar-refractivity contribution in [2.24, 2.45) is 0 Å². The predicted octanol–water partition coefficient (Wildman–Crippen LogP) is 3.80. The highest BCUT2D eigenvalue weighted by Crippen LogP contribution is 2.36. The van der Waals surface area contributed by atoms with Crippen LogP contribution in [0.3, 0.4) is 0 Å². The summed E-state index contributed by atoms with van der Waals surface area (Å²) in [5, 5.41) is 14.2. The molecule has 0 radical (unpaired) electrons. The first-order valence-electron chi connectivity index (χ1n) is 11.7. The lowest BCUT2D eigenvalue weighted by molar-refractivity contribution is -0.757. The highest BCUT2D eigenvalue weighted by atomic mass is 35.5. The predicted molar refractivity (Wildman–Crippen MR) is 141 cm³/mol. The maximum atomic E-state index is 13.6. The third kappa shape index (κ3) is 8.70. The van der Waals surface area contributed by atoms with Crippen molar-refractivity contribution in [1.82, 2.24) is 10.2 Å². The van der Waals surface area contributed by atoms with Crippen LogP contribution in [-0.2, 0) is 36.9 Å². The van der Waals surface area contributed by atoms with Crippen LogP contribution in [0.1, 0.15) is 41.8 Å². The molecule has 13 heteroatoms. The number of thioether (sulfide) groups is 1. The summed E-state index contributed by atoms with van der Waals surface area (Å²) < 4.78 is 5.22. The zero-order valence-corrected chi connectivity index (χ0v) is 22.6. The number of hydrogen-bond donors (Lipinski definition) is 1. The van der Waals surface area contributed by atoms with Crippen LogP contribution in [0.15, 0.2) is 35.7 Å². The van der Waals surface area contributed by atoms with Gasteiger partial charge in [0, 0.05) is 35.7 Å². The van der Waals surface area contributed by atoms with Crippen LogP contribution in [0.4, 0.5) is 0 Å². The molecule has 2 aromatic rings. The summed E-state index contributed by atoms with van der Waals surface area (Å²) in [4.78, 5) is 55.7. The first-order chi connectivity index (χ1) is 17.8. The molecular weight excluding hydrogens is 542 g/mol. The average molecular weight is 570 g/mol. The van der Waals surface area contributed by atoms with E-state index < -0.39 is 29.0 Å². The minimum atomic E-state index is -1.03. The molecule has 10 nitrogen and oxygen atoms in total. The van der Waals surface area contributed by atoms with Gasteiger partial charge in [-0.3, -0.25) is 14.5 Å². The van der Waals surface area contributed by atoms with Crippen LogP contribution in [0.5, 0.6) is 0 Å². The fourth-order valence-corrected chi connectivity index (χ4v) is 6.05. The molecule has 1 N–H and O–H groups in total. The number of esters is 1. The average Bonchev–Trinajstić information content (AvgIpc) is 3.33. The molecule has 1 aliphatic heterocycles. The molecule has 1 aliphatic rings. The molecule has 1 aromatic heterocycles. The van der Waals surface area contributed by atoms with Crippen LogP contribution in [0.25, 0.3) is 0 Å². The van der Waals surface area contributed by atoms with Gasteiger partial charge < -0.3 is 14.9 Å². The van der Waals surface area contributed by atoms with E-state index in [1.165, 1.54) is 17.4 Å². The molecule has 0 saturated heterocycles. The summed E-state index contributed by atoms with van der Waals surface area (Å²) in [6, 6.07) is 7.63. The van der Waals surface area contributed by atoms with Crippen molar-refractivity contribution < 1.29 is 29.0 Å². The third-order valence-electron chi connectivity index (χ3n) is 5.66. The molecule has 3 rings (SSSR count). The Hall–Kier alpha value is -2.67. The van der Waals surface area contributed by atoms with Gasteiger partial charge in [0.15, 0.2) is 0 Å². The maximum Gasteiger partial charge on any atom is 0.329 e. The Morgan fingerprint density at radius 3 is 2.73 bits per heavy atom. The Bertz CT molecular complexity index is 1110. The Morgan fingerprint density at radius 1 is 1.24 bits per heavy atom. The minimum Gasteiger partial charge on any atom is -0.464 e. The fourth-order valence-electron chi connectivity index (χ4n) is 3.94. The monoisotopic (exact) mass is 569 g/mol. The Morgan fingerprint density at radius 2 is 2.00 bits per heavy atom. The highest BCUT2D eigenvalue weighted by molar-refractivity contribution is 8.13. The molecule has 2 atom stereocenters. The van der Waals surface area contributed by atoms with Gasteiger partial charge in [0.25, 0.3) is 5.09 Å². The SMILES string of the molecule is CC(=O)NC(CSC(=O)[C@H](c1ccccc1Cl)N1CCc2sccc2C1)C(=O)OCCCCO[N+](=O)[O-]. The van der Waals surface area contributed by atoms with E-state index in [-0.39, 0.29) is 24.1 Å².